The number of aliphatic carboxylic acids is 2. The Balaban J connectivity index is 0.000000357. The number of hydrogen-bond donors (Lipinski definition) is 6. The average molecular weight is 496 g/mol. The van der Waals surface area contributed by atoms with Crippen molar-refractivity contribution in [3.63, 3.8) is 0 Å². The summed E-state index contributed by atoms with van der Waals surface area (Å²) in [5.74, 6) is -3.70. The number of carboxylic acid groups (broad SMARTS) is 2. The van der Waals surface area contributed by atoms with Crippen molar-refractivity contribution in [2.24, 2.45) is 5.73 Å². The SMILES string of the molecule is N[C@@H](CCC(=O)N[C@@H](CS)C(=O)NCC(=O)O)C(=O)O.c1ccc(Sc2ccccn2)nc1. The van der Waals surface area contributed by atoms with Crippen LogP contribution in [0.15, 0.2) is 58.8 Å². The minimum Gasteiger partial charge on any atom is -0.480 e. The Morgan fingerprint density at radius 3 is 2.03 bits per heavy atom. The standard InChI is InChI=1S/C10H17N3O6S.C10H8N2S/c11-5(10(18)19)1-2-7(14)13-6(4-20)9(17)12-3-8(15)16;1-3-7-11-9(5-1)13-10-6-2-4-8-12-10/h5-6,20H,1-4,11H2,(H,12,17)(H,13,14)(H,15,16)(H,18,19);1-8H/t5-,6-;/m0./s1. The topological polar surface area (TPSA) is 185 Å². The van der Waals surface area contributed by atoms with E-state index in [-0.39, 0.29) is 18.6 Å². The molecule has 2 heterocycles. The number of nitrogens with zero attached hydrogens (tertiary/aromatic N) is 2. The number of nitrogens with two attached hydrogens (primary N) is 1. The van der Waals surface area contributed by atoms with E-state index in [4.69, 9.17) is 15.9 Å². The molecule has 0 unspecified atom stereocenters. The molecule has 2 aromatic heterocycles. The van der Waals surface area contributed by atoms with Crippen LogP contribution in [0.5, 0.6) is 0 Å². The molecule has 178 valence electrons. The van der Waals surface area contributed by atoms with E-state index in [0.717, 1.165) is 10.1 Å². The lowest BCUT2D eigenvalue weighted by Crippen LogP contribution is -2.49. The molecule has 6 N–H and O–H groups in total. The summed E-state index contributed by atoms with van der Waals surface area (Å²) in [7, 11) is 0. The van der Waals surface area contributed by atoms with Gasteiger partial charge in [-0.1, -0.05) is 23.9 Å². The Hall–Kier alpha value is -3.16. The smallest absolute Gasteiger partial charge is 0.322 e. The van der Waals surface area contributed by atoms with Gasteiger partial charge in [0, 0.05) is 24.6 Å². The quantitative estimate of drug-likeness (QED) is 0.239. The first-order valence-electron chi connectivity index (χ1n) is 9.61. The molecule has 2 atom stereocenters. The van der Waals surface area contributed by atoms with Gasteiger partial charge < -0.3 is 26.6 Å². The third kappa shape index (κ3) is 12.5. The number of carboxylic acids is 2. The van der Waals surface area contributed by atoms with Gasteiger partial charge in [0.15, 0.2) is 0 Å². The van der Waals surface area contributed by atoms with E-state index in [1.165, 1.54) is 0 Å². The van der Waals surface area contributed by atoms with Gasteiger partial charge in [-0.25, -0.2) is 9.97 Å². The van der Waals surface area contributed by atoms with Crippen molar-refractivity contribution < 1.29 is 29.4 Å². The highest BCUT2D eigenvalue weighted by Crippen LogP contribution is 2.22. The van der Waals surface area contributed by atoms with E-state index in [1.807, 2.05) is 36.4 Å². The molecular weight excluding hydrogens is 470 g/mol. The summed E-state index contributed by atoms with van der Waals surface area (Å²) in [5.41, 5.74) is 5.23. The lowest BCUT2D eigenvalue weighted by Gasteiger charge is -2.16. The maximum absolute atomic E-state index is 11.5. The first kappa shape index (κ1) is 27.9. The van der Waals surface area contributed by atoms with Crippen molar-refractivity contribution in [2.75, 3.05) is 12.3 Å². The number of rotatable bonds is 11. The number of carbonyl (C=O) groups excluding carboxylic acids is 2. The number of nitrogens with one attached hydrogen (secondary N) is 2. The summed E-state index contributed by atoms with van der Waals surface area (Å²) in [6.07, 6.45) is 3.33. The minimum absolute atomic E-state index is 0.0256. The molecule has 2 amide bonds. The van der Waals surface area contributed by atoms with Gasteiger partial charge in [-0.3, -0.25) is 19.2 Å². The van der Waals surface area contributed by atoms with Crippen LogP contribution in [0, 0.1) is 0 Å². The van der Waals surface area contributed by atoms with Gasteiger partial charge in [-0.15, -0.1) is 0 Å². The molecule has 13 heteroatoms. The Labute approximate surface area is 200 Å². The lowest BCUT2D eigenvalue weighted by atomic mass is 10.1. The third-order valence-electron chi connectivity index (χ3n) is 3.73. The van der Waals surface area contributed by atoms with Crippen LogP contribution < -0.4 is 16.4 Å². The molecule has 33 heavy (non-hydrogen) atoms. The molecule has 0 radical (unpaired) electrons. The molecule has 0 bridgehead atoms. The Morgan fingerprint density at radius 1 is 1.03 bits per heavy atom. The van der Waals surface area contributed by atoms with E-state index in [0.29, 0.717) is 0 Å². The first-order valence-corrected chi connectivity index (χ1v) is 11.1. The molecule has 0 fully saturated rings. The summed E-state index contributed by atoms with van der Waals surface area (Å²) >= 11 is 5.44. The maximum Gasteiger partial charge on any atom is 0.322 e. The van der Waals surface area contributed by atoms with Crippen molar-refractivity contribution in [3.8, 4) is 0 Å². The number of amides is 2. The Kier molecular flexibility index (Phi) is 13.2. The zero-order valence-electron chi connectivity index (χ0n) is 17.5. The second-order valence-corrected chi connectivity index (χ2v) is 7.74. The van der Waals surface area contributed by atoms with Crippen LogP contribution in [0.2, 0.25) is 0 Å². The molecule has 0 aliphatic heterocycles. The largest absolute Gasteiger partial charge is 0.480 e. The van der Waals surface area contributed by atoms with Gasteiger partial charge in [0.1, 0.15) is 28.7 Å². The van der Waals surface area contributed by atoms with E-state index >= 15 is 0 Å². The normalized spacial score (nSPS) is 11.8. The summed E-state index contributed by atoms with van der Waals surface area (Å²) in [6, 6.07) is 9.54. The Bertz CT molecular complexity index is 867. The van der Waals surface area contributed by atoms with E-state index in [2.05, 4.69) is 33.2 Å². The molecule has 2 rings (SSSR count). The van der Waals surface area contributed by atoms with Gasteiger partial charge in [0.25, 0.3) is 0 Å². The van der Waals surface area contributed by atoms with Crippen LogP contribution in [0.4, 0.5) is 0 Å². The third-order valence-corrected chi connectivity index (χ3v) is 5.00. The minimum atomic E-state index is -1.22. The monoisotopic (exact) mass is 495 g/mol. The second kappa shape index (κ2) is 15.6. The van der Waals surface area contributed by atoms with Crippen LogP contribution in [0.3, 0.4) is 0 Å². The number of aromatic nitrogens is 2. The first-order chi connectivity index (χ1) is 15.7. The molecule has 0 aromatic carbocycles. The van der Waals surface area contributed by atoms with Crippen molar-refractivity contribution in [1.82, 2.24) is 20.6 Å². The zero-order valence-corrected chi connectivity index (χ0v) is 19.2. The molecule has 0 saturated carbocycles. The van der Waals surface area contributed by atoms with E-state index in [1.54, 1.807) is 24.2 Å². The number of carbonyl (C=O) groups is 4. The number of pyridine rings is 2. The van der Waals surface area contributed by atoms with Crippen molar-refractivity contribution >= 4 is 48.1 Å². The van der Waals surface area contributed by atoms with Gasteiger partial charge in [0.2, 0.25) is 11.8 Å². The lowest BCUT2D eigenvalue weighted by molar-refractivity contribution is -0.139. The molecule has 0 aliphatic carbocycles. The summed E-state index contributed by atoms with van der Waals surface area (Å²) in [6.45, 7) is -0.567. The number of thiol groups is 1. The highest BCUT2D eigenvalue weighted by molar-refractivity contribution is 7.99. The summed E-state index contributed by atoms with van der Waals surface area (Å²) in [5, 5.41) is 23.3. The highest BCUT2D eigenvalue weighted by Gasteiger charge is 2.20. The van der Waals surface area contributed by atoms with Crippen LogP contribution in [0.25, 0.3) is 0 Å². The van der Waals surface area contributed by atoms with Crippen molar-refractivity contribution in [1.29, 1.82) is 0 Å². The molecule has 0 saturated heterocycles. The zero-order chi connectivity index (χ0) is 24.6. The highest BCUT2D eigenvalue weighted by atomic mass is 32.2. The predicted molar refractivity (Wildman–Crippen MR) is 124 cm³/mol. The predicted octanol–water partition coefficient (Wildman–Crippen LogP) is 0.422. The fraction of sp³-hybridized carbons (Fsp3) is 0.300. The molecular formula is C20H25N5O6S2. The maximum atomic E-state index is 11.5. The van der Waals surface area contributed by atoms with E-state index < -0.39 is 42.4 Å². The van der Waals surface area contributed by atoms with Gasteiger partial charge in [0.05, 0.1) is 0 Å². The van der Waals surface area contributed by atoms with Crippen LogP contribution in [0.1, 0.15) is 12.8 Å². The Morgan fingerprint density at radius 2 is 1.61 bits per heavy atom. The van der Waals surface area contributed by atoms with Gasteiger partial charge in [-0.2, -0.15) is 12.6 Å². The van der Waals surface area contributed by atoms with Gasteiger partial charge >= 0.3 is 11.9 Å². The van der Waals surface area contributed by atoms with Gasteiger partial charge in [-0.05, 0) is 30.7 Å². The fourth-order valence-electron chi connectivity index (χ4n) is 2.08. The van der Waals surface area contributed by atoms with Crippen LogP contribution in [-0.2, 0) is 19.2 Å². The fourth-order valence-corrected chi connectivity index (χ4v) is 3.07. The van der Waals surface area contributed by atoms with E-state index in [9.17, 15) is 19.2 Å². The average Bonchev–Trinajstić information content (AvgIpc) is 2.81. The van der Waals surface area contributed by atoms with Crippen molar-refractivity contribution in [3.05, 3.63) is 48.8 Å². The number of hydrogen-bond acceptors (Lipinski definition) is 9. The molecule has 11 nitrogen and oxygen atoms in total. The van der Waals surface area contributed by atoms with Crippen LogP contribution >= 0.6 is 24.4 Å². The summed E-state index contributed by atoms with van der Waals surface area (Å²) in [4.78, 5) is 52.1. The molecule has 0 spiro atoms. The molecule has 0 aliphatic rings. The van der Waals surface area contributed by atoms with Crippen LogP contribution in [-0.4, -0.2) is 68.3 Å². The van der Waals surface area contributed by atoms with Crippen molar-refractivity contribution in [2.45, 2.75) is 35.0 Å². The summed E-state index contributed by atoms with van der Waals surface area (Å²) < 4.78 is 0. The molecule has 2 aromatic rings. The second-order valence-electron chi connectivity index (χ2n) is 6.34.